The number of guanidine groups is 1. The molecule has 0 saturated heterocycles. The number of aromatic amines is 1. The van der Waals surface area contributed by atoms with Gasteiger partial charge < -0.3 is 16.2 Å². The Bertz CT molecular complexity index is 744. The van der Waals surface area contributed by atoms with Crippen LogP contribution in [-0.4, -0.2) is 32.9 Å². The predicted octanol–water partition coefficient (Wildman–Crippen LogP) is 1.13. The molecule has 0 amide bonds. The number of nitrogens with two attached hydrogens (primary N) is 1. The largest absolute Gasteiger partial charge is 0.390 e. The highest BCUT2D eigenvalue weighted by atomic mass is 16.3. The molecular weight excluding hydrogens is 292 g/mol. The third-order valence-corrected chi connectivity index (χ3v) is 4.46. The minimum absolute atomic E-state index is 0.0978. The molecule has 7 nitrogen and oxygen atoms in total. The Morgan fingerprint density at radius 3 is 2.87 bits per heavy atom. The van der Waals surface area contributed by atoms with Gasteiger partial charge in [-0.15, -0.1) is 0 Å². The van der Waals surface area contributed by atoms with Crippen LogP contribution in [0.2, 0.25) is 0 Å². The number of aliphatic hydroxyl groups is 1. The van der Waals surface area contributed by atoms with E-state index in [1.54, 1.807) is 6.20 Å². The van der Waals surface area contributed by atoms with Crippen LogP contribution in [-0.2, 0) is 0 Å². The maximum absolute atomic E-state index is 9.88. The van der Waals surface area contributed by atoms with Gasteiger partial charge >= 0.3 is 0 Å². The SMILES string of the molecule is C[C@]1(O)C[C@H](NC2NC(N)=Nc3cc(-c4ccn[nH]4)ccc32)C1. The van der Waals surface area contributed by atoms with Gasteiger partial charge in [-0.1, -0.05) is 12.1 Å². The van der Waals surface area contributed by atoms with E-state index in [9.17, 15) is 5.11 Å². The van der Waals surface area contributed by atoms with Gasteiger partial charge in [0.05, 0.1) is 17.0 Å². The van der Waals surface area contributed by atoms with Crippen molar-refractivity contribution in [1.29, 1.82) is 0 Å². The summed E-state index contributed by atoms with van der Waals surface area (Å²) < 4.78 is 0. The first-order chi connectivity index (χ1) is 11.0. The first-order valence-electron chi connectivity index (χ1n) is 7.73. The normalized spacial score (nSPS) is 29.2. The lowest BCUT2D eigenvalue weighted by Crippen LogP contribution is -2.56. The molecule has 1 aliphatic carbocycles. The van der Waals surface area contributed by atoms with Crippen molar-refractivity contribution in [3.05, 3.63) is 36.0 Å². The van der Waals surface area contributed by atoms with E-state index in [0.29, 0.717) is 5.96 Å². The van der Waals surface area contributed by atoms with E-state index in [4.69, 9.17) is 5.73 Å². The van der Waals surface area contributed by atoms with Crippen molar-refractivity contribution in [3.8, 4) is 11.3 Å². The van der Waals surface area contributed by atoms with Crippen molar-refractivity contribution in [2.45, 2.75) is 37.6 Å². The molecule has 2 heterocycles. The van der Waals surface area contributed by atoms with Gasteiger partial charge in [0, 0.05) is 23.4 Å². The van der Waals surface area contributed by atoms with Gasteiger partial charge in [-0.2, -0.15) is 5.10 Å². The fraction of sp³-hybridized carbons (Fsp3) is 0.375. The first-order valence-corrected chi connectivity index (χ1v) is 7.73. The van der Waals surface area contributed by atoms with E-state index < -0.39 is 5.60 Å². The molecule has 1 unspecified atom stereocenters. The molecule has 0 bridgehead atoms. The van der Waals surface area contributed by atoms with Crippen molar-refractivity contribution in [1.82, 2.24) is 20.8 Å². The minimum atomic E-state index is -0.556. The van der Waals surface area contributed by atoms with Gasteiger partial charge in [-0.3, -0.25) is 10.4 Å². The zero-order valence-corrected chi connectivity index (χ0v) is 12.9. The maximum Gasteiger partial charge on any atom is 0.195 e. The lowest BCUT2D eigenvalue weighted by Gasteiger charge is -2.43. The molecule has 4 rings (SSSR count). The van der Waals surface area contributed by atoms with Gasteiger partial charge in [0.2, 0.25) is 0 Å². The second-order valence-corrected chi connectivity index (χ2v) is 6.59. The van der Waals surface area contributed by atoms with Crippen LogP contribution in [0.15, 0.2) is 35.5 Å². The number of nitrogens with one attached hydrogen (secondary N) is 3. The van der Waals surface area contributed by atoms with Crippen LogP contribution in [0.1, 0.15) is 31.5 Å². The highest BCUT2D eigenvalue weighted by Gasteiger charge is 2.39. The van der Waals surface area contributed by atoms with E-state index in [1.165, 1.54) is 0 Å². The molecule has 1 atom stereocenters. The summed E-state index contributed by atoms with van der Waals surface area (Å²) in [6, 6.07) is 8.28. The third kappa shape index (κ3) is 2.69. The molecule has 2 aromatic rings. The summed E-state index contributed by atoms with van der Waals surface area (Å²) >= 11 is 0. The standard InChI is InChI=1S/C16H20N6O/c1-16(23)7-10(8-16)19-14-11-3-2-9(12-4-5-18-22-12)6-13(11)20-15(17)21-14/h2-6,10,14,19,23H,7-8H2,1H3,(H,18,22)(H3,17,20,21)/t10-,14?,16-. The number of aliphatic imine (C=N–C) groups is 1. The number of hydrogen-bond donors (Lipinski definition) is 5. The third-order valence-electron chi connectivity index (χ3n) is 4.46. The average Bonchev–Trinajstić information content (AvgIpc) is 2.98. The highest BCUT2D eigenvalue weighted by molar-refractivity contribution is 5.85. The van der Waals surface area contributed by atoms with Crippen molar-refractivity contribution >= 4 is 11.6 Å². The number of fused-ring (bicyclic) bond motifs is 1. The Kier molecular flexibility index (Phi) is 3.14. The monoisotopic (exact) mass is 312 g/mol. The van der Waals surface area contributed by atoms with E-state index in [0.717, 1.165) is 35.3 Å². The van der Waals surface area contributed by atoms with E-state index >= 15 is 0 Å². The summed E-state index contributed by atoms with van der Waals surface area (Å²) in [5.41, 5.74) is 9.23. The number of rotatable bonds is 3. The molecule has 1 aliphatic heterocycles. The lowest BCUT2D eigenvalue weighted by atomic mass is 9.77. The smallest absolute Gasteiger partial charge is 0.195 e. The molecule has 0 radical (unpaired) electrons. The van der Waals surface area contributed by atoms with Crippen molar-refractivity contribution < 1.29 is 5.11 Å². The predicted molar refractivity (Wildman–Crippen MR) is 88.0 cm³/mol. The minimum Gasteiger partial charge on any atom is -0.390 e. The molecule has 0 spiro atoms. The number of H-pyrrole nitrogens is 1. The van der Waals surface area contributed by atoms with Crippen LogP contribution in [0.4, 0.5) is 5.69 Å². The maximum atomic E-state index is 9.88. The fourth-order valence-corrected chi connectivity index (χ4v) is 3.34. The van der Waals surface area contributed by atoms with Crippen molar-refractivity contribution in [3.63, 3.8) is 0 Å². The van der Waals surface area contributed by atoms with Crippen LogP contribution < -0.4 is 16.4 Å². The summed E-state index contributed by atoms with van der Waals surface area (Å²) in [5, 5.41) is 23.5. The van der Waals surface area contributed by atoms with Crippen LogP contribution in [0, 0.1) is 0 Å². The van der Waals surface area contributed by atoms with E-state index in [2.05, 4.69) is 25.8 Å². The second-order valence-electron chi connectivity index (χ2n) is 6.59. The van der Waals surface area contributed by atoms with Crippen molar-refractivity contribution in [2.24, 2.45) is 10.7 Å². The number of hydrogen-bond acceptors (Lipinski definition) is 6. The van der Waals surface area contributed by atoms with Gasteiger partial charge in [-0.05, 0) is 31.9 Å². The summed E-state index contributed by atoms with van der Waals surface area (Å²) in [6.45, 7) is 1.86. The van der Waals surface area contributed by atoms with E-state index in [-0.39, 0.29) is 12.2 Å². The quantitative estimate of drug-likeness (QED) is 0.583. The topological polar surface area (TPSA) is 111 Å². The molecular formula is C16H20N6O. The molecule has 1 aromatic heterocycles. The van der Waals surface area contributed by atoms with Gasteiger partial charge in [0.15, 0.2) is 5.96 Å². The second kappa shape index (κ2) is 5.07. The average molecular weight is 312 g/mol. The van der Waals surface area contributed by atoms with Crippen LogP contribution in [0.3, 0.4) is 0 Å². The lowest BCUT2D eigenvalue weighted by molar-refractivity contribution is -0.0422. The molecule has 120 valence electrons. The van der Waals surface area contributed by atoms with Crippen LogP contribution in [0.25, 0.3) is 11.3 Å². The van der Waals surface area contributed by atoms with E-state index in [1.807, 2.05) is 31.2 Å². The summed E-state index contributed by atoms with van der Waals surface area (Å²) in [4.78, 5) is 4.41. The Hall–Kier alpha value is -2.38. The number of benzene rings is 1. The highest BCUT2D eigenvalue weighted by Crippen LogP contribution is 2.36. The molecule has 2 aliphatic rings. The molecule has 1 aromatic carbocycles. The Morgan fingerprint density at radius 2 is 2.17 bits per heavy atom. The zero-order valence-electron chi connectivity index (χ0n) is 12.9. The Labute approximate surface area is 134 Å². The Balaban J connectivity index is 1.60. The summed E-state index contributed by atoms with van der Waals surface area (Å²) in [6.07, 6.45) is 3.11. The van der Waals surface area contributed by atoms with Gasteiger partial charge in [-0.25, -0.2) is 4.99 Å². The van der Waals surface area contributed by atoms with Gasteiger partial charge in [0.1, 0.15) is 6.17 Å². The zero-order chi connectivity index (χ0) is 16.0. The number of aromatic nitrogens is 2. The summed E-state index contributed by atoms with van der Waals surface area (Å²) in [5.74, 6) is 0.392. The molecule has 1 saturated carbocycles. The summed E-state index contributed by atoms with van der Waals surface area (Å²) in [7, 11) is 0. The van der Waals surface area contributed by atoms with Crippen LogP contribution in [0.5, 0.6) is 0 Å². The van der Waals surface area contributed by atoms with Crippen LogP contribution >= 0.6 is 0 Å². The molecule has 1 fully saturated rings. The van der Waals surface area contributed by atoms with Crippen molar-refractivity contribution in [2.75, 3.05) is 0 Å². The number of nitrogens with zero attached hydrogens (tertiary/aromatic N) is 2. The fourth-order valence-electron chi connectivity index (χ4n) is 3.34. The molecule has 7 heteroatoms. The molecule has 6 N–H and O–H groups in total. The molecule has 23 heavy (non-hydrogen) atoms. The Morgan fingerprint density at radius 1 is 1.35 bits per heavy atom. The van der Waals surface area contributed by atoms with Gasteiger partial charge in [0.25, 0.3) is 0 Å². The first kappa shape index (κ1) is 14.2.